The fourth-order valence-electron chi connectivity index (χ4n) is 1.94. The van der Waals surface area contributed by atoms with Crippen LogP contribution in [0.25, 0.3) is 0 Å². The van der Waals surface area contributed by atoms with Crippen LogP contribution in [0.1, 0.15) is 24.0 Å². The van der Waals surface area contributed by atoms with Crippen molar-refractivity contribution >= 4 is 11.8 Å². The number of benzene rings is 1. The third-order valence-corrected chi connectivity index (χ3v) is 4.57. The van der Waals surface area contributed by atoms with Crippen LogP contribution in [0, 0.1) is 24.2 Å². The fourth-order valence-corrected chi connectivity index (χ4v) is 3.23. The minimum absolute atomic E-state index is 0.428. The summed E-state index contributed by atoms with van der Waals surface area (Å²) in [5, 5.41) is 9.16. The van der Waals surface area contributed by atoms with E-state index in [1.807, 2.05) is 0 Å². The predicted octanol–water partition coefficient (Wildman–Crippen LogP) is 2.86. The highest BCUT2D eigenvalue weighted by atomic mass is 32.2. The van der Waals surface area contributed by atoms with Crippen LogP contribution in [0.2, 0.25) is 0 Å². The molecule has 17 heavy (non-hydrogen) atoms. The van der Waals surface area contributed by atoms with Gasteiger partial charge in [-0.05, 0) is 36.8 Å². The van der Waals surface area contributed by atoms with E-state index in [1.165, 1.54) is 11.1 Å². The lowest BCUT2D eigenvalue weighted by Crippen LogP contribution is -2.43. The van der Waals surface area contributed by atoms with Crippen LogP contribution in [0.5, 0.6) is 0 Å². The molecule has 1 aliphatic rings. The Hall–Kier alpha value is -0.980. The number of nitriles is 1. The quantitative estimate of drug-likeness (QED) is 0.869. The number of hydrogen-bond acceptors (Lipinski definition) is 3. The van der Waals surface area contributed by atoms with Crippen LogP contribution >= 0.6 is 11.8 Å². The molecular weight excluding hydrogens is 228 g/mol. The first kappa shape index (κ1) is 12.5. The van der Waals surface area contributed by atoms with Gasteiger partial charge in [0.05, 0.1) is 6.07 Å². The average Bonchev–Trinajstić information content (AvgIpc) is 3.16. The van der Waals surface area contributed by atoms with Crippen molar-refractivity contribution < 1.29 is 0 Å². The number of nitrogens with zero attached hydrogens (tertiary/aromatic N) is 1. The zero-order chi connectivity index (χ0) is 12.3. The highest BCUT2D eigenvalue weighted by molar-refractivity contribution is 7.98. The van der Waals surface area contributed by atoms with Gasteiger partial charge >= 0.3 is 0 Å². The van der Waals surface area contributed by atoms with Gasteiger partial charge in [0.2, 0.25) is 0 Å². The van der Waals surface area contributed by atoms with E-state index in [1.54, 1.807) is 11.8 Å². The van der Waals surface area contributed by atoms with Gasteiger partial charge in [0.15, 0.2) is 0 Å². The highest BCUT2D eigenvalue weighted by Gasteiger charge is 2.42. The zero-order valence-corrected chi connectivity index (χ0v) is 11.0. The molecule has 2 rings (SSSR count). The van der Waals surface area contributed by atoms with E-state index in [0.29, 0.717) is 5.92 Å². The van der Waals surface area contributed by atoms with Gasteiger partial charge in [-0.2, -0.15) is 17.0 Å². The number of thioether (sulfide) groups is 1. The largest absolute Gasteiger partial charge is 0.312 e. The predicted molar refractivity (Wildman–Crippen MR) is 72.6 cm³/mol. The maximum Gasteiger partial charge on any atom is 0.116 e. The Balaban J connectivity index is 1.87. The van der Waals surface area contributed by atoms with Gasteiger partial charge in [0, 0.05) is 11.5 Å². The van der Waals surface area contributed by atoms with Crippen molar-refractivity contribution in [2.24, 2.45) is 11.7 Å². The summed E-state index contributed by atoms with van der Waals surface area (Å²) in [4.78, 5) is 0. The third-order valence-electron chi connectivity index (χ3n) is 3.37. The molecule has 3 heteroatoms. The lowest BCUT2D eigenvalue weighted by Gasteiger charge is -2.20. The molecule has 0 bridgehead atoms. The molecule has 2 nitrogen and oxygen atoms in total. The van der Waals surface area contributed by atoms with Crippen molar-refractivity contribution in [2.45, 2.75) is 31.1 Å². The Morgan fingerprint density at radius 1 is 1.47 bits per heavy atom. The van der Waals surface area contributed by atoms with Crippen molar-refractivity contribution in [1.82, 2.24) is 0 Å². The Morgan fingerprint density at radius 3 is 2.76 bits per heavy atom. The molecule has 1 aromatic rings. The minimum atomic E-state index is -0.604. The fraction of sp³-hybridized carbons (Fsp3) is 0.500. The first-order valence-electron chi connectivity index (χ1n) is 5.98. The summed E-state index contributed by atoms with van der Waals surface area (Å²) in [5.41, 5.74) is 8.17. The third kappa shape index (κ3) is 3.02. The van der Waals surface area contributed by atoms with Crippen molar-refractivity contribution in [3.05, 3.63) is 35.4 Å². The number of nitrogens with two attached hydrogens (primary N) is 1. The number of rotatable bonds is 5. The number of hydrogen-bond donors (Lipinski definition) is 1. The van der Waals surface area contributed by atoms with Gasteiger partial charge in [-0.1, -0.05) is 24.3 Å². The van der Waals surface area contributed by atoms with E-state index < -0.39 is 5.54 Å². The molecule has 1 aliphatic carbocycles. The molecule has 0 amide bonds. The van der Waals surface area contributed by atoms with E-state index in [9.17, 15) is 0 Å². The molecule has 1 unspecified atom stereocenters. The van der Waals surface area contributed by atoms with Gasteiger partial charge in [-0.3, -0.25) is 0 Å². The Bertz CT molecular complexity index is 434. The van der Waals surface area contributed by atoms with E-state index in [0.717, 1.165) is 24.3 Å². The smallest absolute Gasteiger partial charge is 0.116 e. The summed E-state index contributed by atoms with van der Waals surface area (Å²) >= 11 is 1.77. The first-order valence-corrected chi connectivity index (χ1v) is 7.13. The zero-order valence-electron chi connectivity index (χ0n) is 10.1. The molecule has 0 heterocycles. The summed E-state index contributed by atoms with van der Waals surface area (Å²) in [6, 6.07) is 10.7. The lowest BCUT2D eigenvalue weighted by atomic mass is 10.00. The summed E-state index contributed by atoms with van der Waals surface area (Å²) < 4.78 is 0. The summed E-state index contributed by atoms with van der Waals surface area (Å²) in [6.45, 7) is 2.12. The van der Waals surface area contributed by atoms with Gasteiger partial charge in [-0.15, -0.1) is 0 Å². The molecule has 1 saturated carbocycles. The normalized spacial score (nSPS) is 18.4. The maximum atomic E-state index is 9.16. The Kier molecular flexibility index (Phi) is 3.76. The molecule has 0 aromatic heterocycles. The Morgan fingerprint density at radius 2 is 2.18 bits per heavy atom. The van der Waals surface area contributed by atoms with Crippen molar-refractivity contribution in [2.75, 3.05) is 5.75 Å². The molecule has 1 atom stereocenters. The summed E-state index contributed by atoms with van der Waals surface area (Å²) in [6.07, 6.45) is 2.24. The molecule has 0 radical (unpaired) electrons. The van der Waals surface area contributed by atoms with Crippen molar-refractivity contribution in [1.29, 1.82) is 5.26 Å². The molecule has 0 aliphatic heterocycles. The highest BCUT2D eigenvalue weighted by Crippen LogP contribution is 2.39. The lowest BCUT2D eigenvalue weighted by molar-refractivity contribution is 0.532. The van der Waals surface area contributed by atoms with Crippen molar-refractivity contribution in [3.8, 4) is 6.07 Å². The second kappa shape index (κ2) is 5.12. The average molecular weight is 246 g/mol. The second-order valence-corrected chi connectivity index (χ2v) is 5.83. The molecule has 0 spiro atoms. The van der Waals surface area contributed by atoms with Gasteiger partial charge in [-0.25, -0.2) is 0 Å². The number of aryl methyl sites for hydroxylation is 1. The van der Waals surface area contributed by atoms with Crippen molar-refractivity contribution in [3.63, 3.8) is 0 Å². The van der Waals surface area contributed by atoms with Crippen LogP contribution in [0.4, 0.5) is 0 Å². The molecule has 0 saturated heterocycles. The van der Waals surface area contributed by atoms with Crippen LogP contribution in [0.15, 0.2) is 24.3 Å². The second-order valence-electron chi connectivity index (χ2n) is 4.85. The summed E-state index contributed by atoms with van der Waals surface area (Å²) in [7, 11) is 0. The topological polar surface area (TPSA) is 49.8 Å². The molecular formula is C14H18N2S. The van der Waals surface area contributed by atoms with E-state index >= 15 is 0 Å². The molecule has 1 fully saturated rings. The van der Waals surface area contributed by atoms with Crippen LogP contribution < -0.4 is 5.73 Å². The van der Waals surface area contributed by atoms with E-state index in [-0.39, 0.29) is 0 Å². The molecule has 1 aromatic carbocycles. The standard InChI is InChI=1S/C14H18N2S/c1-11-4-2-3-5-12(11)8-17-10-14(16,9-15)13-6-7-13/h2-5,13H,6-8,10,16H2,1H3. The summed E-state index contributed by atoms with van der Waals surface area (Å²) in [5.74, 6) is 2.11. The van der Waals surface area contributed by atoms with E-state index in [4.69, 9.17) is 11.0 Å². The molecule has 90 valence electrons. The SMILES string of the molecule is Cc1ccccc1CSCC(N)(C#N)C1CC1. The van der Waals surface area contributed by atoms with Gasteiger partial charge in [0.1, 0.15) is 5.54 Å². The van der Waals surface area contributed by atoms with Crippen LogP contribution in [-0.2, 0) is 5.75 Å². The van der Waals surface area contributed by atoms with Crippen LogP contribution in [0.3, 0.4) is 0 Å². The van der Waals surface area contributed by atoms with E-state index in [2.05, 4.69) is 37.3 Å². The van der Waals surface area contributed by atoms with Gasteiger partial charge < -0.3 is 5.73 Å². The van der Waals surface area contributed by atoms with Gasteiger partial charge in [0.25, 0.3) is 0 Å². The monoisotopic (exact) mass is 246 g/mol. The maximum absolute atomic E-state index is 9.16. The minimum Gasteiger partial charge on any atom is -0.312 e. The first-order chi connectivity index (χ1) is 8.15. The van der Waals surface area contributed by atoms with Crippen LogP contribution in [-0.4, -0.2) is 11.3 Å². The Labute approximate surface area is 107 Å². The molecule has 2 N–H and O–H groups in total.